The molecule has 0 aliphatic rings. The Bertz CT molecular complexity index is 633. The molecule has 130 valence electrons. The molecule has 0 saturated carbocycles. The Labute approximate surface area is 165 Å². The minimum atomic E-state index is -0.0755. The Hall–Kier alpha value is -0.170. The van der Waals surface area contributed by atoms with Crippen LogP contribution < -0.4 is 0 Å². The van der Waals surface area contributed by atoms with E-state index in [1.807, 2.05) is 0 Å². The Balaban J connectivity index is 2.07. The van der Waals surface area contributed by atoms with Gasteiger partial charge in [-0.1, -0.05) is 83.8 Å². The molecule has 0 spiro atoms. The van der Waals surface area contributed by atoms with Crippen LogP contribution in [0.15, 0.2) is 45.3 Å². The topological polar surface area (TPSA) is 0 Å². The van der Waals surface area contributed by atoms with Gasteiger partial charge >= 0.3 is 0 Å². The summed E-state index contributed by atoms with van der Waals surface area (Å²) in [6.07, 6.45) is 2.32. The number of halogens is 2. The monoisotopic (exact) mass is 468 g/mol. The van der Waals surface area contributed by atoms with Crippen molar-refractivity contribution < 1.29 is 0 Å². The van der Waals surface area contributed by atoms with Crippen LogP contribution in [0.4, 0.5) is 0 Å². The Kier molecular flexibility index (Phi) is 7.53. The highest BCUT2D eigenvalue weighted by atomic mass is 79.9. The van der Waals surface area contributed by atoms with E-state index in [1.165, 1.54) is 31.2 Å². The van der Waals surface area contributed by atoms with Crippen molar-refractivity contribution in [2.45, 2.75) is 51.9 Å². The molecule has 24 heavy (non-hydrogen) atoms. The molecule has 0 unspecified atom stereocenters. The van der Waals surface area contributed by atoms with Gasteiger partial charge in [0.1, 0.15) is 0 Å². The van der Waals surface area contributed by atoms with Crippen molar-refractivity contribution in [3.63, 3.8) is 0 Å². The number of benzene rings is 2. The minimum Gasteiger partial charge on any atom is -0.101 e. The summed E-state index contributed by atoms with van der Waals surface area (Å²) < 4.78 is 2.52. The normalized spacial score (nSPS) is 11.8. The van der Waals surface area contributed by atoms with Gasteiger partial charge in [-0.2, -0.15) is 0 Å². The third-order valence-electron chi connectivity index (χ3n) is 4.37. The fourth-order valence-corrected chi connectivity index (χ4v) is 6.07. The Morgan fingerprint density at radius 1 is 0.750 bits per heavy atom. The van der Waals surface area contributed by atoms with Crippen molar-refractivity contribution in [3.05, 3.63) is 67.6 Å². The summed E-state index contributed by atoms with van der Waals surface area (Å²) in [5, 5.41) is 0. The molecule has 0 N–H and O–H groups in total. The van der Waals surface area contributed by atoms with Crippen LogP contribution in [-0.2, 0) is 12.3 Å². The molecule has 0 saturated heterocycles. The number of rotatable bonds is 6. The van der Waals surface area contributed by atoms with Crippen LogP contribution >= 0.6 is 39.8 Å². The number of hydrogen-bond acceptors (Lipinski definition) is 0. The molecule has 2 aromatic rings. The Morgan fingerprint density at radius 2 is 1.12 bits per heavy atom. The third kappa shape index (κ3) is 5.41. The smallest absolute Gasteiger partial charge is 0.0213 e. The van der Waals surface area contributed by atoms with Crippen LogP contribution in [0.2, 0.25) is 0 Å². The zero-order chi connectivity index (χ0) is 17.9. The first-order chi connectivity index (χ1) is 11.3. The number of hydrogen-bond donors (Lipinski definition) is 0. The van der Waals surface area contributed by atoms with Crippen molar-refractivity contribution >= 4 is 39.8 Å². The largest absolute Gasteiger partial charge is 0.101 e. The molecular weight excluding hydrogens is 443 g/mol. The molecule has 0 fully saturated rings. The van der Waals surface area contributed by atoms with E-state index in [0.717, 1.165) is 12.3 Å². The van der Waals surface area contributed by atoms with Gasteiger partial charge in [-0.05, 0) is 65.2 Å². The zero-order valence-corrected chi connectivity index (χ0v) is 19.3. The molecule has 0 radical (unpaired) electrons. The highest BCUT2D eigenvalue weighted by Gasteiger charge is 2.11. The fourth-order valence-electron chi connectivity index (χ4n) is 2.74. The van der Waals surface area contributed by atoms with E-state index < -0.39 is 0 Å². The van der Waals surface area contributed by atoms with Crippen LogP contribution in [0.5, 0.6) is 0 Å². The standard InChI is InChI=1S/C21H27Br2P/c1-14(2)16-6-8-18(20(22)10-16)12-24(5)13-19-9-7-17(15(3)4)11-21(19)23/h6-11,14-15H,12-13H2,1-5H3. The Morgan fingerprint density at radius 3 is 1.42 bits per heavy atom. The maximum atomic E-state index is 3.77. The van der Waals surface area contributed by atoms with Crippen molar-refractivity contribution in [2.75, 3.05) is 6.66 Å². The highest BCUT2D eigenvalue weighted by molar-refractivity contribution is 9.10. The van der Waals surface area contributed by atoms with Gasteiger partial charge in [-0.3, -0.25) is 0 Å². The minimum absolute atomic E-state index is 0.0755. The maximum absolute atomic E-state index is 3.77. The van der Waals surface area contributed by atoms with Crippen LogP contribution in [0.3, 0.4) is 0 Å². The predicted molar refractivity (Wildman–Crippen MR) is 117 cm³/mol. The molecular formula is C21H27Br2P. The SMILES string of the molecule is CC(C)c1ccc(CP(C)Cc2ccc(C(C)C)cc2Br)c(Br)c1. The van der Waals surface area contributed by atoms with Crippen LogP contribution in [-0.4, -0.2) is 6.66 Å². The lowest BCUT2D eigenvalue weighted by atomic mass is 10.0. The van der Waals surface area contributed by atoms with Gasteiger partial charge in [0.2, 0.25) is 0 Å². The van der Waals surface area contributed by atoms with Crippen LogP contribution in [0.25, 0.3) is 0 Å². The molecule has 0 aliphatic heterocycles. The fraction of sp³-hybridized carbons (Fsp3) is 0.429. The van der Waals surface area contributed by atoms with E-state index in [9.17, 15) is 0 Å². The van der Waals surface area contributed by atoms with Gasteiger partial charge in [0.25, 0.3) is 0 Å². The molecule has 0 heterocycles. The maximum Gasteiger partial charge on any atom is 0.0213 e. The summed E-state index contributed by atoms with van der Waals surface area (Å²) in [7, 11) is -0.0755. The molecule has 0 atom stereocenters. The van der Waals surface area contributed by atoms with E-state index >= 15 is 0 Å². The quantitative estimate of drug-likeness (QED) is 0.373. The van der Waals surface area contributed by atoms with Gasteiger partial charge < -0.3 is 0 Å². The van der Waals surface area contributed by atoms with Gasteiger partial charge in [-0.15, -0.1) is 7.92 Å². The van der Waals surface area contributed by atoms with E-state index in [4.69, 9.17) is 0 Å². The summed E-state index contributed by atoms with van der Waals surface area (Å²) >= 11 is 7.54. The second-order valence-electron chi connectivity index (χ2n) is 7.18. The van der Waals surface area contributed by atoms with Gasteiger partial charge in [0.15, 0.2) is 0 Å². The van der Waals surface area contributed by atoms with E-state index in [0.29, 0.717) is 11.8 Å². The van der Waals surface area contributed by atoms with Crippen LogP contribution in [0.1, 0.15) is 61.8 Å². The lowest BCUT2D eigenvalue weighted by Crippen LogP contribution is -1.94. The summed E-state index contributed by atoms with van der Waals surface area (Å²) in [6, 6.07) is 13.7. The van der Waals surface area contributed by atoms with Crippen molar-refractivity contribution in [3.8, 4) is 0 Å². The molecule has 0 amide bonds. The van der Waals surface area contributed by atoms with Crippen molar-refractivity contribution in [2.24, 2.45) is 0 Å². The first kappa shape index (κ1) is 20.1. The molecule has 3 heteroatoms. The van der Waals surface area contributed by atoms with Crippen molar-refractivity contribution in [1.29, 1.82) is 0 Å². The average molecular weight is 470 g/mol. The first-order valence-corrected chi connectivity index (χ1v) is 12.3. The van der Waals surface area contributed by atoms with Crippen molar-refractivity contribution in [1.82, 2.24) is 0 Å². The second kappa shape index (κ2) is 8.97. The highest BCUT2D eigenvalue weighted by Crippen LogP contribution is 2.43. The lowest BCUT2D eigenvalue weighted by Gasteiger charge is -2.17. The summed E-state index contributed by atoms with van der Waals surface area (Å²) in [4.78, 5) is 0. The van der Waals surface area contributed by atoms with Gasteiger partial charge in [0.05, 0.1) is 0 Å². The molecule has 0 nitrogen and oxygen atoms in total. The summed E-state index contributed by atoms with van der Waals surface area (Å²) in [6.45, 7) is 11.4. The third-order valence-corrected chi connectivity index (χ3v) is 7.61. The van der Waals surface area contributed by atoms with E-state index in [1.54, 1.807) is 0 Å². The molecule has 0 aliphatic carbocycles. The van der Waals surface area contributed by atoms with Crippen LogP contribution in [0, 0.1) is 0 Å². The summed E-state index contributed by atoms with van der Waals surface area (Å²) in [5.74, 6) is 1.16. The second-order valence-corrected chi connectivity index (χ2v) is 11.2. The average Bonchev–Trinajstić information content (AvgIpc) is 2.50. The molecule has 0 bridgehead atoms. The van der Waals surface area contributed by atoms with E-state index in [-0.39, 0.29) is 7.92 Å². The summed E-state index contributed by atoms with van der Waals surface area (Å²) in [5.41, 5.74) is 5.67. The lowest BCUT2D eigenvalue weighted by molar-refractivity contribution is 0.864. The molecule has 2 rings (SSSR count). The van der Waals surface area contributed by atoms with Gasteiger partial charge in [0, 0.05) is 8.95 Å². The first-order valence-electron chi connectivity index (χ1n) is 8.53. The molecule has 0 aromatic heterocycles. The van der Waals surface area contributed by atoms with E-state index in [2.05, 4.69) is 103 Å². The molecule has 2 aromatic carbocycles. The predicted octanol–water partition coefficient (Wildman–Crippen LogP) is 8.27. The van der Waals surface area contributed by atoms with Gasteiger partial charge in [-0.25, -0.2) is 0 Å². The zero-order valence-electron chi connectivity index (χ0n) is 15.2.